The Morgan fingerprint density at radius 3 is 2.30 bits per heavy atom. The van der Waals surface area contributed by atoms with Crippen LogP contribution in [0.5, 0.6) is 0 Å². The number of fused-ring (bicyclic) bond motifs is 1. The third-order valence-corrected chi connectivity index (χ3v) is 7.33. The Labute approximate surface area is 185 Å². The summed E-state index contributed by atoms with van der Waals surface area (Å²) in [5.41, 5.74) is 3.06. The van der Waals surface area contributed by atoms with Crippen LogP contribution in [0.15, 0.2) is 48.5 Å². The van der Waals surface area contributed by atoms with Gasteiger partial charge in [0.05, 0.1) is 7.05 Å². The standard InChI is InChI=1S/C25H32ClN3O/c1-24(2)18-25(3,19-9-11-20(26)12-10-19)21-7-5-6-8-22(21)29(24)23(30)17-28-15-13-27(4)14-16-28/h5-12H,13-18H2,1-4H3/p+2/t25-/m1/s1. The van der Waals surface area contributed by atoms with Crippen molar-refractivity contribution < 1.29 is 14.6 Å². The molecule has 4 nitrogen and oxygen atoms in total. The van der Waals surface area contributed by atoms with E-state index in [0.717, 1.165) is 43.3 Å². The lowest BCUT2D eigenvalue weighted by Gasteiger charge is -2.51. The fourth-order valence-corrected chi connectivity index (χ4v) is 5.67. The number of carbonyl (C=O) groups excluding carboxylic acids is 1. The number of hydrogen-bond donors (Lipinski definition) is 2. The summed E-state index contributed by atoms with van der Waals surface area (Å²) in [6.07, 6.45) is 0.868. The Balaban J connectivity index is 1.70. The molecule has 2 aromatic carbocycles. The molecule has 0 spiro atoms. The van der Waals surface area contributed by atoms with Crippen molar-refractivity contribution in [3.05, 3.63) is 64.7 Å². The van der Waals surface area contributed by atoms with Gasteiger partial charge < -0.3 is 14.7 Å². The van der Waals surface area contributed by atoms with Crippen LogP contribution in [-0.4, -0.2) is 51.2 Å². The summed E-state index contributed by atoms with van der Waals surface area (Å²) >= 11 is 6.16. The number of hydrogen-bond acceptors (Lipinski definition) is 1. The molecule has 0 radical (unpaired) electrons. The molecular formula is C25H34ClN3O+2. The largest absolute Gasteiger partial charge is 0.328 e. The number of likely N-dealkylation sites (N-methyl/N-ethyl adjacent to an activating group) is 1. The Hall–Kier alpha value is -1.88. The van der Waals surface area contributed by atoms with Crippen molar-refractivity contribution in [3.8, 4) is 0 Å². The minimum atomic E-state index is -0.281. The fourth-order valence-electron chi connectivity index (χ4n) is 5.55. The molecule has 0 bridgehead atoms. The number of benzene rings is 2. The first-order valence-electron chi connectivity index (χ1n) is 11.0. The molecule has 4 rings (SSSR count). The van der Waals surface area contributed by atoms with Gasteiger partial charge in [-0.3, -0.25) is 4.79 Å². The zero-order chi connectivity index (χ0) is 21.5. The van der Waals surface area contributed by atoms with Crippen LogP contribution in [0.3, 0.4) is 0 Å². The number of quaternary nitrogens is 2. The molecule has 0 unspecified atom stereocenters. The minimum Gasteiger partial charge on any atom is -0.328 e. The van der Waals surface area contributed by atoms with Crippen LogP contribution in [0.4, 0.5) is 5.69 Å². The van der Waals surface area contributed by atoms with Gasteiger partial charge in [-0.2, -0.15) is 0 Å². The second kappa shape index (κ2) is 7.99. The number of para-hydroxylation sites is 1. The highest BCUT2D eigenvalue weighted by molar-refractivity contribution is 6.30. The molecule has 2 N–H and O–H groups in total. The quantitative estimate of drug-likeness (QED) is 0.765. The average Bonchev–Trinajstić information content (AvgIpc) is 2.69. The van der Waals surface area contributed by atoms with Crippen molar-refractivity contribution in [2.45, 2.75) is 38.1 Å². The summed E-state index contributed by atoms with van der Waals surface area (Å²) in [4.78, 5) is 18.7. The SMILES string of the molecule is C[NH+]1CC[NH+](CC(=O)N2c3ccccc3[C@@](C)(c3ccc(Cl)cc3)CC2(C)C)CC1. The van der Waals surface area contributed by atoms with Gasteiger partial charge in [0, 0.05) is 21.7 Å². The maximum Gasteiger partial charge on any atom is 0.282 e. The van der Waals surface area contributed by atoms with Gasteiger partial charge in [0.25, 0.3) is 5.91 Å². The van der Waals surface area contributed by atoms with E-state index in [4.69, 9.17) is 11.6 Å². The van der Waals surface area contributed by atoms with E-state index < -0.39 is 0 Å². The number of rotatable bonds is 3. The maximum atomic E-state index is 13.6. The predicted molar refractivity (Wildman–Crippen MR) is 123 cm³/mol. The molecule has 0 saturated carbocycles. The molecule has 2 aliphatic heterocycles. The predicted octanol–water partition coefficient (Wildman–Crippen LogP) is 1.57. The first-order chi connectivity index (χ1) is 14.2. The highest BCUT2D eigenvalue weighted by Crippen LogP contribution is 2.50. The Kier molecular flexibility index (Phi) is 5.69. The van der Waals surface area contributed by atoms with E-state index in [0.29, 0.717) is 6.54 Å². The van der Waals surface area contributed by atoms with Crippen molar-refractivity contribution in [1.29, 1.82) is 0 Å². The monoisotopic (exact) mass is 427 g/mol. The third-order valence-electron chi connectivity index (χ3n) is 7.07. The van der Waals surface area contributed by atoms with Crippen LogP contribution >= 0.6 is 11.6 Å². The van der Waals surface area contributed by atoms with E-state index in [1.54, 1.807) is 4.90 Å². The van der Waals surface area contributed by atoms with Gasteiger partial charge in [-0.25, -0.2) is 0 Å². The van der Waals surface area contributed by atoms with Crippen LogP contribution < -0.4 is 14.7 Å². The lowest BCUT2D eigenvalue weighted by atomic mass is 9.65. The van der Waals surface area contributed by atoms with Crippen LogP contribution in [0.2, 0.25) is 5.02 Å². The molecule has 1 amide bonds. The van der Waals surface area contributed by atoms with E-state index in [2.05, 4.69) is 69.1 Å². The van der Waals surface area contributed by atoms with Crippen LogP contribution in [0.25, 0.3) is 0 Å². The summed E-state index contributed by atoms with van der Waals surface area (Å²) in [5, 5.41) is 0.750. The van der Waals surface area contributed by atoms with Gasteiger partial charge in [-0.1, -0.05) is 48.9 Å². The van der Waals surface area contributed by atoms with Gasteiger partial charge in [0.15, 0.2) is 6.54 Å². The molecule has 1 saturated heterocycles. The molecule has 0 aromatic heterocycles. The number of nitrogens with zero attached hydrogens (tertiary/aromatic N) is 1. The van der Waals surface area contributed by atoms with Crippen LogP contribution in [-0.2, 0) is 10.2 Å². The van der Waals surface area contributed by atoms with Gasteiger partial charge in [-0.05, 0) is 49.6 Å². The smallest absolute Gasteiger partial charge is 0.282 e. The third kappa shape index (κ3) is 3.89. The van der Waals surface area contributed by atoms with Gasteiger partial charge in [0.1, 0.15) is 26.2 Å². The highest BCUT2D eigenvalue weighted by atomic mass is 35.5. The topological polar surface area (TPSA) is 29.2 Å². The summed E-state index contributed by atoms with van der Waals surface area (Å²) < 4.78 is 0. The normalized spacial score (nSPS) is 28.1. The van der Waals surface area contributed by atoms with Crippen molar-refractivity contribution in [1.82, 2.24) is 0 Å². The molecule has 2 aromatic rings. The zero-order valence-corrected chi connectivity index (χ0v) is 19.4. The molecule has 5 heteroatoms. The van der Waals surface area contributed by atoms with E-state index in [1.807, 2.05) is 12.1 Å². The summed E-state index contributed by atoms with van der Waals surface area (Å²) in [6, 6.07) is 16.6. The van der Waals surface area contributed by atoms with Gasteiger partial charge in [-0.15, -0.1) is 0 Å². The number of amides is 1. The number of piperazine rings is 1. The Morgan fingerprint density at radius 1 is 1.00 bits per heavy atom. The molecule has 160 valence electrons. The molecule has 1 atom stereocenters. The summed E-state index contributed by atoms with van der Waals surface area (Å²) in [6.45, 7) is 11.7. The van der Waals surface area contributed by atoms with Crippen molar-refractivity contribution in [2.75, 3.05) is 44.7 Å². The zero-order valence-electron chi connectivity index (χ0n) is 18.6. The maximum absolute atomic E-state index is 13.6. The van der Waals surface area contributed by atoms with Crippen molar-refractivity contribution in [2.24, 2.45) is 0 Å². The molecule has 0 aliphatic carbocycles. The molecular weight excluding hydrogens is 394 g/mol. The van der Waals surface area contributed by atoms with Gasteiger partial charge in [0.2, 0.25) is 0 Å². The first kappa shape index (κ1) is 21.4. The van der Waals surface area contributed by atoms with Gasteiger partial charge >= 0.3 is 0 Å². The number of anilines is 1. The minimum absolute atomic E-state index is 0.175. The average molecular weight is 428 g/mol. The lowest BCUT2D eigenvalue weighted by Crippen LogP contribution is -3.27. The van der Waals surface area contributed by atoms with Crippen molar-refractivity contribution in [3.63, 3.8) is 0 Å². The number of nitrogens with one attached hydrogen (secondary N) is 2. The van der Waals surface area contributed by atoms with E-state index >= 15 is 0 Å². The van der Waals surface area contributed by atoms with Crippen LogP contribution in [0.1, 0.15) is 38.3 Å². The Morgan fingerprint density at radius 2 is 1.63 bits per heavy atom. The molecule has 2 aliphatic rings. The van der Waals surface area contributed by atoms with E-state index in [-0.39, 0.29) is 16.9 Å². The summed E-state index contributed by atoms with van der Waals surface area (Å²) in [5.74, 6) is 0.236. The summed E-state index contributed by atoms with van der Waals surface area (Å²) in [7, 11) is 2.24. The first-order valence-corrected chi connectivity index (χ1v) is 11.4. The fraction of sp³-hybridized carbons (Fsp3) is 0.480. The number of carbonyl (C=O) groups is 1. The second-order valence-electron chi connectivity index (χ2n) is 9.96. The molecule has 1 fully saturated rings. The molecule has 30 heavy (non-hydrogen) atoms. The van der Waals surface area contributed by atoms with E-state index in [1.165, 1.54) is 16.0 Å². The lowest BCUT2D eigenvalue weighted by molar-refractivity contribution is -1.000. The number of halogens is 1. The van der Waals surface area contributed by atoms with Crippen molar-refractivity contribution >= 4 is 23.2 Å². The highest BCUT2D eigenvalue weighted by Gasteiger charge is 2.48. The van der Waals surface area contributed by atoms with Crippen LogP contribution in [0, 0.1) is 0 Å². The van der Waals surface area contributed by atoms with E-state index in [9.17, 15) is 4.79 Å². The molecule has 2 heterocycles. The second-order valence-corrected chi connectivity index (χ2v) is 10.4. The Bertz CT molecular complexity index is 918.